The number of aryl methyl sites for hydroxylation is 1. The Kier molecular flexibility index (Phi) is 9.31. The highest BCUT2D eigenvalue weighted by atomic mass is 16.5. The molecule has 0 unspecified atom stereocenters. The first-order valence-electron chi connectivity index (χ1n) is 16.1. The molecule has 0 radical (unpaired) electrons. The Labute approximate surface area is 256 Å². The predicted molar refractivity (Wildman–Crippen MR) is 171 cm³/mol. The van der Waals surface area contributed by atoms with E-state index in [2.05, 4.69) is 58.1 Å². The number of anilines is 1. The van der Waals surface area contributed by atoms with E-state index in [0.717, 1.165) is 55.6 Å². The summed E-state index contributed by atoms with van der Waals surface area (Å²) in [4.78, 5) is 15.5. The first-order chi connectivity index (χ1) is 21.0. The smallest absolute Gasteiger partial charge is 0.240 e. The highest BCUT2D eigenvalue weighted by Gasteiger charge is 2.42. The molecule has 2 heterocycles. The quantitative estimate of drug-likeness (QED) is 0.238. The van der Waals surface area contributed by atoms with Crippen LogP contribution in [0.2, 0.25) is 0 Å². The molecule has 6 rings (SSSR count). The van der Waals surface area contributed by atoms with Crippen molar-refractivity contribution in [3.8, 4) is 5.75 Å². The summed E-state index contributed by atoms with van der Waals surface area (Å²) in [6.45, 7) is 4.14. The number of hydrogen-bond donors (Lipinski definition) is 4. The zero-order valence-electron chi connectivity index (χ0n) is 25.4. The Hall–Kier alpha value is -3.39. The molecule has 0 aromatic heterocycles. The number of para-hydroxylation sites is 1. The van der Waals surface area contributed by atoms with Gasteiger partial charge < -0.3 is 25.4 Å². The van der Waals surface area contributed by atoms with Crippen LogP contribution in [0.3, 0.4) is 0 Å². The van der Waals surface area contributed by atoms with E-state index in [9.17, 15) is 9.90 Å². The van der Waals surface area contributed by atoms with E-state index in [-0.39, 0.29) is 24.1 Å². The van der Waals surface area contributed by atoms with Gasteiger partial charge in [-0.05, 0) is 67.3 Å². The molecule has 7 nitrogen and oxygen atoms in total. The Bertz CT molecular complexity index is 1370. The summed E-state index contributed by atoms with van der Waals surface area (Å²) >= 11 is 0. The highest BCUT2D eigenvalue weighted by molar-refractivity contribution is 5.82. The average Bonchev–Trinajstić information content (AvgIpc) is 3.44. The first kappa shape index (κ1) is 29.7. The molecular weight excluding hydrogens is 536 g/mol. The Morgan fingerprint density at radius 3 is 2.63 bits per heavy atom. The number of carbonyl (C=O) groups excluding carboxylic acids is 1. The maximum absolute atomic E-state index is 13.3. The molecule has 2 aliphatic heterocycles. The lowest BCUT2D eigenvalue weighted by Gasteiger charge is -2.45. The SMILES string of the molecule is CCc1ccc2c(c1)[C@H](NC[C@@H](O)[C@@H](NCc1ccccc1)NC(=O)CN1CCc3ccccc31)CC1(CCCCC1)O2. The molecule has 3 aromatic rings. The Morgan fingerprint density at radius 2 is 1.81 bits per heavy atom. The number of aliphatic hydroxyl groups is 1. The van der Waals surface area contributed by atoms with Crippen molar-refractivity contribution in [3.05, 3.63) is 95.1 Å². The number of carbonyl (C=O) groups is 1. The molecule has 228 valence electrons. The van der Waals surface area contributed by atoms with Gasteiger partial charge in [-0.25, -0.2) is 0 Å². The van der Waals surface area contributed by atoms with Crippen molar-refractivity contribution in [1.82, 2.24) is 16.0 Å². The number of amides is 1. The van der Waals surface area contributed by atoms with Gasteiger partial charge in [0, 0.05) is 43.3 Å². The molecule has 3 aliphatic rings. The molecule has 43 heavy (non-hydrogen) atoms. The lowest BCUT2D eigenvalue weighted by atomic mass is 9.77. The topological polar surface area (TPSA) is 85.9 Å². The minimum Gasteiger partial charge on any atom is -0.487 e. The number of hydrogen-bond acceptors (Lipinski definition) is 6. The van der Waals surface area contributed by atoms with Crippen LogP contribution in [0.1, 0.15) is 73.7 Å². The van der Waals surface area contributed by atoms with Crippen LogP contribution in [0.4, 0.5) is 5.69 Å². The lowest BCUT2D eigenvalue weighted by Crippen LogP contribution is -2.57. The molecule has 0 bridgehead atoms. The molecule has 3 atom stereocenters. The van der Waals surface area contributed by atoms with Gasteiger partial charge in [0.25, 0.3) is 0 Å². The zero-order valence-corrected chi connectivity index (χ0v) is 25.4. The number of rotatable bonds is 11. The van der Waals surface area contributed by atoms with Crippen LogP contribution in [-0.4, -0.2) is 48.5 Å². The Balaban J connectivity index is 1.15. The first-order valence-corrected chi connectivity index (χ1v) is 16.1. The third-order valence-electron chi connectivity index (χ3n) is 9.49. The maximum atomic E-state index is 13.3. The van der Waals surface area contributed by atoms with Crippen LogP contribution >= 0.6 is 0 Å². The number of fused-ring (bicyclic) bond motifs is 2. The molecule has 1 spiro atoms. The Morgan fingerprint density at radius 1 is 1.02 bits per heavy atom. The van der Waals surface area contributed by atoms with Crippen molar-refractivity contribution in [3.63, 3.8) is 0 Å². The van der Waals surface area contributed by atoms with Gasteiger partial charge in [-0.1, -0.05) is 74.0 Å². The third-order valence-corrected chi connectivity index (χ3v) is 9.49. The van der Waals surface area contributed by atoms with Gasteiger partial charge in [0.05, 0.1) is 12.6 Å². The second-order valence-corrected chi connectivity index (χ2v) is 12.5. The number of nitrogens with zero attached hydrogens (tertiary/aromatic N) is 1. The fourth-order valence-electron chi connectivity index (χ4n) is 7.08. The molecule has 1 fully saturated rings. The van der Waals surface area contributed by atoms with Crippen molar-refractivity contribution < 1.29 is 14.6 Å². The third kappa shape index (κ3) is 7.06. The molecule has 1 amide bonds. The van der Waals surface area contributed by atoms with Gasteiger partial charge in [0.15, 0.2) is 0 Å². The average molecular weight is 583 g/mol. The fraction of sp³-hybridized carbons (Fsp3) is 0.472. The molecule has 1 saturated carbocycles. The van der Waals surface area contributed by atoms with Crippen LogP contribution < -0.4 is 25.6 Å². The lowest BCUT2D eigenvalue weighted by molar-refractivity contribution is -0.121. The number of ether oxygens (including phenoxy) is 1. The van der Waals surface area contributed by atoms with Crippen LogP contribution in [0, 0.1) is 0 Å². The summed E-state index contributed by atoms with van der Waals surface area (Å²) in [5, 5.41) is 21.8. The van der Waals surface area contributed by atoms with Crippen molar-refractivity contribution >= 4 is 11.6 Å². The molecule has 4 N–H and O–H groups in total. The molecule has 7 heteroatoms. The van der Waals surface area contributed by atoms with E-state index in [1.54, 1.807) is 0 Å². The van der Waals surface area contributed by atoms with Gasteiger partial charge >= 0.3 is 0 Å². The monoisotopic (exact) mass is 582 g/mol. The number of aliphatic hydroxyl groups excluding tert-OH is 1. The summed E-state index contributed by atoms with van der Waals surface area (Å²) in [5.41, 5.74) is 5.81. The van der Waals surface area contributed by atoms with Crippen molar-refractivity contribution in [2.75, 3.05) is 24.5 Å². The van der Waals surface area contributed by atoms with E-state index >= 15 is 0 Å². The normalized spacial score (nSPS) is 20.1. The summed E-state index contributed by atoms with van der Waals surface area (Å²) in [5.74, 6) is 0.863. The van der Waals surface area contributed by atoms with E-state index in [4.69, 9.17) is 4.74 Å². The van der Waals surface area contributed by atoms with Gasteiger partial charge in [-0.15, -0.1) is 0 Å². The van der Waals surface area contributed by atoms with Crippen molar-refractivity contribution in [1.29, 1.82) is 0 Å². The van der Waals surface area contributed by atoms with E-state index < -0.39 is 12.3 Å². The molecule has 0 saturated heterocycles. The van der Waals surface area contributed by atoms with Gasteiger partial charge in [-0.3, -0.25) is 10.1 Å². The summed E-state index contributed by atoms with van der Waals surface area (Å²) < 4.78 is 6.70. The summed E-state index contributed by atoms with van der Waals surface area (Å²) in [7, 11) is 0. The van der Waals surface area contributed by atoms with Crippen LogP contribution in [0.5, 0.6) is 5.75 Å². The highest BCUT2D eigenvalue weighted by Crippen LogP contribution is 2.46. The molecule has 3 aromatic carbocycles. The molecular formula is C36H46N4O3. The summed E-state index contributed by atoms with van der Waals surface area (Å²) in [6.07, 6.45) is 7.15. The van der Waals surface area contributed by atoms with Gasteiger partial charge in [0.2, 0.25) is 5.91 Å². The minimum atomic E-state index is -0.832. The van der Waals surface area contributed by atoms with Gasteiger partial charge in [-0.2, -0.15) is 0 Å². The van der Waals surface area contributed by atoms with Crippen LogP contribution in [0.15, 0.2) is 72.8 Å². The minimum absolute atomic E-state index is 0.0783. The predicted octanol–water partition coefficient (Wildman–Crippen LogP) is 5.02. The summed E-state index contributed by atoms with van der Waals surface area (Å²) in [6, 6.07) is 25.0. The zero-order chi connectivity index (χ0) is 29.6. The molecule has 1 aliphatic carbocycles. The standard InChI is InChI=1S/C36H46N4O3/c1-2-26-15-16-33-29(21-26)30(22-36(43-33)18-9-4-10-19-36)37-24-32(41)35(38-23-27-11-5-3-6-12-27)39-34(42)25-40-20-17-28-13-7-8-14-31(28)40/h3,5-8,11-16,21,30,32,35,37-38,41H,2,4,9-10,17-20,22-25H2,1H3,(H,39,42)/t30-,32-,35+/m1/s1. The van der Waals surface area contributed by atoms with E-state index in [1.807, 2.05) is 42.5 Å². The van der Waals surface area contributed by atoms with Crippen molar-refractivity contribution in [2.24, 2.45) is 0 Å². The van der Waals surface area contributed by atoms with E-state index in [0.29, 0.717) is 13.1 Å². The fourth-order valence-corrected chi connectivity index (χ4v) is 7.08. The second kappa shape index (κ2) is 13.5. The maximum Gasteiger partial charge on any atom is 0.240 e. The van der Waals surface area contributed by atoms with E-state index in [1.165, 1.54) is 36.0 Å². The number of nitrogens with one attached hydrogen (secondary N) is 3. The van der Waals surface area contributed by atoms with Crippen LogP contribution in [-0.2, 0) is 24.2 Å². The van der Waals surface area contributed by atoms with Crippen molar-refractivity contribution in [2.45, 2.75) is 88.7 Å². The second-order valence-electron chi connectivity index (χ2n) is 12.5. The largest absolute Gasteiger partial charge is 0.487 e. The van der Waals surface area contributed by atoms with Gasteiger partial charge in [0.1, 0.15) is 17.5 Å². The number of benzene rings is 3. The van der Waals surface area contributed by atoms with Crippen LogP contribution in [0.25, 0.3) is 0 Å².